The molecule has 1 aliphatic rings. The van der Waals surface area contributed by atoms with Crippen molar-refractivity contribution in [3.8, 4) is 11.4 Å². The van der Waals surface area contributed by atoms with Crippen LogP contribution < -0.4 is 5.32 Å². The zero-order chi connectivity index (χ0) is 12.4. The lowest BCUT2D eigenvalue weighted by atomic mass is 9.93. The minimum Gasteiger partial charge on any atom is -0.339 e. The van der Waals surface area contributed by atoms with E-state index in [2.05, 4.69) is 22.4 Å². The van der Waals surface area contributed by atoms with Crippen LogP contribution in [0.2, 0.25) is 0 Å². The Morgan fingerprint density at radius 2 is 2.11 bits per heavy atom. The molecule has 0 spiro atoms. The summed E-state index contributed by atoms with van der Waals surface area (Å²) >= 11 is 0. The van der Waals surface area contributed by atoms with Crippen molar-refractivity contribution >= 4 is 0 Å². The molecule has 1 aliphatic heterocycles. The highest BCUT2D eigenvalue weighted by Gasteiger charge is 2.25. The van der Waals surface area contributed by atoms with Crippen LogP contribution in [0.4, 0.5) is 0 Å². The molecular weight excluding hydrogens is 226 g/mol. The second kappa shape index (κ2) is 4.90. The topological polar surface area (TPSA) is 51.0 Å². The Bertz CT molecular complexity index is 509. The van der Waals surface area contributed by atoms with Gasteiger partial charge in [-0.1, -0.05) is 35.5 Å². The van der Waals surface area contributed by atoms with Gasteiger partial charge in [-0.25, -0.2) is 0 Å². The number of benzene rings is 1. The van der Waals surface area contributed by atoms with Gasteiger partial charge in [-0.05, 0) is 26.3 Å². The third-order valence-corrected chi connectivity index (χ3v) is 3.45. The first-order valence-electron chi connectivity index (χ1n) is 6.45. The van der Waals surface area contributed by atoms with Crippen molar-refractivity contribution in [2.75, 3.05) is 6.54 Å². The fourth-order valence-corrected chi connectivity index (χ4v) is 2.46. The third-order valence-electron chi connectivity index (χ3n) is 3.45. The fraction of sp³-hybridized carbons (Fsp3) is 0.429. The molecule has 94 valence electrons. The van der Waals surface area contributed by atoms with E-state index in [0.717, 1.165) is 30.8 Å². The summed E-state index contributed by atoms with van der Waals surface area (Å²) in [7, 11) is 0. The Morgan fingerprint density at radius 3 is 2.89 bits per heavy atom. The van der Waals surface area contributed by atoms with Gasteiger partial charge in [0.1, 0.15) is 0 Å². The molecule has 4 heteroatoms. The third kappa shape index (κ3) is 2.29. The normalized spacial score (nSPS) is 24.1. The van der Waals surface area contributed by atoms with Crippen LogP contribution in [0.3, 0.4) is 0 Å². The standard InChI is InChI=1S/C14H17N3O/c1-10-9-12(7-8-15-10)14-16-13(17-18-14)11-5-3-2-4-6-11/h2-6,10,12,15H,7-9H2,1H3/t10-,12-/m0/s1. The minimum atomic E-state index is 0.395. The quantitative estimate of drug-likeness (QED) is 0.880. The van der Waals surface area contributed by atoms with Crippen molar-refractivity contribution in [3.63, 3.8) is 0 Å². The average molecular weight is 243 g/mol. The number of hydrogen-bond acceptors (Lipinski definition) is 4. The van der Waals surface area contributed by atoms with E-state index in [0.29, 0.717) is 17.8 Å². The van der Waals surface area contributed by atoms with Crippen molar-refractivity contribution in [2.24, 2.45) is 0 Å². The van der Waals surface area contributed by atoms with E-state index in [1.165, 1.54) is 0 Å². The summed E-state index contributed by atoms with van der Waals surface area (Å²) in [4.78, 5) is 4.53. The van der Waals surface area contributed by atoms with Crippen molar-refractivity contribution in [1.29, 1.82) is 0 Å². The Balaban J connectivity index is 1.81. The Labute approximate surface area is 106 Å². The lowest BCUT2D eigenvalue weighted by Crippen LogP contribution is -2.34. The van der Waals surface area contributed by atoms with Crippen LogP contribution >= 0.6 is 0 Å². The van der Waals surface area contributed by atoms with Gasteiger partial charge in [0, 0.05) is 17.5 Å². The van der Waals surface area contributed by atoms with Gasteiger partial charge in [-0.2, -0.15) is 4.98 Å². The summed E-state index contributed by atoms with van der Waals surface area (Å²) in [6.45, 7) is 3.22. The highest BCUT2D eigenvalue weighted by atomic mass is 16.5. The van der Waals surface area contributed by atoms with E-state index < -0.39 is 0 Å². The zero-order valence-corrected chi connectivity index (χ0v) is 10.5. The van der Waals surface area contributed by atoms with Crippen LogP contribution in [-0.4, -0.2) is 22.7 Å². The van der Waals surface area contributed by atoms with Gasteiger partial charge < -0.3 is 9.84 Å². The molecule has 0 bridgehead atoms. The molecule has 0 unspecified atom stereocenters. The molecule has 1 saturated heterocycles. The summed E-state index contributed by atoms with van der Waals surface area (Å²) < 4.78 is 5.42. The Morgan fingerprint density at radius 1 is 1.28 bits per heavy atom. The van der Waals surface area contributed by atoms with Gasteiger partial charge in [-0.15, -0.1) is 0 Å². The Hall–Kier alpha value is -1.68. The van der Waals surface area contributed by atoms with Crippen molar-refractivity contribution in [1.82, 2.24) is 15.5 Å². The van der Waals surface area contributed by atoms with Crippen LogP contribution in [0, 0.1) is 0 Å². The molecular formula is C14H17N3O. The maximum absolute atomic E-state index is 5.42. The lowest BCUT2D eigenvalue weighted by Gasteiger charge is -2.25. The van der Waals surface area contributed by atoms with Crippen molar-refractivity contribution in [2.45, 2.75) is 31.7 Å². The molecule has 3 rings (SSSR count). The molecule has 1 aromatic carbocycles. The summed E-state index contributed by atoms with van der Waals surface area (Å²) in [5.74, 6) is 1.87. The van der Waals surface area contributed by atoms with Crippen molar-refractivity contribution < 1.29 is 4.52 Å². The molecule has 2 aromatic rings. The molecule has 2 atom stereocenters. The number of aromatic nitrogens is 2. The Kier molecular flexibility index (Phi) is 3.11. The van der Waals surface area contributed by atoms with Gasteiger partial charge in [0.05, 0.1) is 0 Å². The summed E-state index contributed by atoms with van der Waals surface area (Å²) in [6.07, 6.45) is 2.14. The molecule has 1 N–H and O–H groups in total. The highest BCUT2D eigenvalue weighted by molar-refractivity contribution is 5.53. The van der Waals surface area contributed by atoms with Crippen LogP contribution in [0.15, 0.2) is 34.9 Å². The number of piperidine rings is 1. The molecule has 2 heterocycles. The summed E-state index contributed by atoms with van der Waals surface area (Å²) in [6, 6.07) is 10.5. The number of nitrogens with zero attached hydrogens (tertiary/aromatic N) is 2. The van der Waals surface area contributed by atoms with E-state index in [1.54, 1.807) is 0 Å². The van der Waals surface area contributed by atoms with E-state index >= 15 is 0 Å². The maximum Gasteiger partial charge on any atom is 0.230 e. The van der Waals surface area contributed by atoms with E-state index in [-0.39, 0.29) is 0 Å². The number of rotatable bonds is 2. The zero-order valence-electron chi connectivity index (χ0n) is 10.5. The predicted octanol–water partition coefficient (Wildman–Crippen LogP) is 2.59. The predicted molar refractivity (Wildman–Crippen MR) is 69.2 cm³/mol. The van der Waals surface area contributed by atoms with E-state index in [4.69, 9.17) is 4.52 Å². The molecule has 4 nitrogen and oxygen atoms in total. The minimum absolute atomic E-state index is 0.395. The van der Waals surface area contributed by atoms with Crippen LogP contribution in [-0.2, 0) is 0 Å². The van der Waals surface area contributed by atoms with Gasteiger partial charge in [-0.3, -0.25) is 0 Å². The molecule has 1 aromatic heterocycles. The highest BCUT2D eigenvalue weighted by Crippen LogP contribution is 2.27. The lowest BCUT2D eigenvalue weighted by molar-refractivity contribution is 0.295. The first-order valence-corrected chi connectivity index (χ1v) is 6.45. The molecule has 18 heavy (non-hydrogen) atoms. The van der Waals surface area contributed by atoms with Gasteiger partial charge >= 0.3 is 0 Å². The molecule has 0 saturated carbocycles. The van der Waals surface area contributed by atoms with Gasteiger partial charge in [0.2, 0.25) is 11.7 Å². The molecule has 1 fully saturated rings. The fourth-order valence-electron chi connectivity index (χ4n) is 2.46. The van der Waals surface area contributed by atoms with Crippen molar-refractivity contribution in [3.05, 3.63) is 36.2 Å². The van der Waals surface area contributed by atoms with Crippen LogP contribution in [0.25, 0.3) is 11.4 Å². The monoisotopic (exact) mass is 243 g/mol. The second-order valence-electron chi connectivity index (χ2n) is 4.90. The molecule has 0 radical (unpaired) electrons. The SMILES string of the molecule is C[C@H]1C[C@@H](c2nc(-c3ccccc3)no2)CCN1. The molecule has 0 aliphatic carbocycles. The van der Waals surface area contributed by atoms with Gasteiger partial charge in [0.25, 0.3) is 0 Å². The first-order chi connectivity index (χ1) is 8.83. The second-order valence-corrected chi connectivity index (χ2v) is 4.90. The van der Waals surface area contributed by atoms with E-state index in [1.807, 2.05) is 30.3 Å². The first kappa shape index (κ1) is 11.4. The molecule has 0 amide bonds. The maximum atomic E-state index is 5.42. The number of nitrogens with one attached hydrogen (secondary N) is 1. The van der Waals surface area contributed by atoms with Gasteiger partial charge in [0.15, 0.2) is 0 Å². The average Bonchev–Trinajstić information content (AvgIpc) is 2.89. The largest absolute Gasteiger partial charge is 0.339 e. The summed E-state index contributed by atoms with van der Waals surface area (Å²) in [5, 5.41) is 7.51. The van der Waals surface area contributed by atoms with Crippen LogP contribution in [0.1, 0.15) is 31.6 Å². The van der Waals surface area contributed by atoms with E-state index in [9.17, 15) is 0 Å². The smallest absolute Gasteiger partial charge is 0.230 e. The van der Waals surface area contributed by atoms with Crippen LogP contribution in [0.5, 0.6) is 0 Å². The summed E-state index contributed by atoms with van der Waals surface area (Å²) in [5.41, 5.74) is 1.01. The number of hydrogen-bond donors (Lipinski definition) is 1.